The van der Waals surface area contributed by atoms with E-state index in [0.29, 0.717) is 0 Å². The van der Waals surface area contributed by atoms with Crippen molar-refractivity contribution in [2.24, 2.45) is 0 Å². The first kappa shape index (κ1) is 15.8. The van der Waals surface area contributed by atoms with E-state index in [1.807, 2.05) is 65.4 Å². The Morgan fingerprint density at radius 1 is 1.17 bits per heavy atom. The van der Waals surface area contributed by atoms with Crippen LogP contribution in [0.4, 0.5) is 0 Å². The van der Waals surface area contributed by atoms with Gasteiger partial charge in [0.1, 0.15) is 6.54 Å². The molecule has 0 saturated carbocycles. The number of rotatable bonds is 5. The molecule has 1 amide bonds. The number of hydrogen-bond acceptors (Lipinski definition) is 2. The number of aromatic nitrogens is 1. The monoisotopic (exact) mass is 372 g/mol. The zero-order valence-electron chi connectivity index (χ0n) is 12.4. The van der Waals surface area contributed by atoms with Crippen LogP contribution in [0.1, 0.15) is 11.7 Å². The maximum atomic E-state index is 12.1. The number of nitrogens with zero attached hydrogens (tertiary/aromatic N) is 1. The van der Waals surface area contributed by atoms with Crippen molar-refractivity contribution in [3.63, 3.8) is 0 Å². The minimum atomic E-state index is -0.697. The molecule has 0 fully saturated rings. The van der Waals surface area contributed by atoms with Crippen molar-refractivity contribution in [1.82, 2.24) is 9.88 Å². The van der Waals surface area contributed by atoms with Gasteiger partial charge >= 0.3 is 0 Å². The molecule has 0 unspecified atom stereocenters. The molecule has 3 aromatic rings. The first-order valence-corrected chi connectivity index (χ1v) is 8.17. The van der Waals surface area contributed by atoms with Crippen LogP contribution in [0.2, 0.25) is 0 Å². The summed E-state index contributed by atoms with van der Waals surface area (Å²) < 4.78 is 2.91. The van der Waals surface area contributed by atoms with Crippen LogP contribution >= 0.6 is 15.9 Å². The predicted molar refractivity (Wildman–Crippen MR) is 94.0 cm³/mol. The standard InChI is InChI=1S/C18H17BrN2O2/c19-15-6-7-16-14(10-15)8-9-21(16)12-18(23)20-11-17(22)13-4-2-1-3-5-13/h1-10,17,22H,11-12H2,(H,20,23)/t17-/m0/s1. The van der Waals surface area contributed by atoms with E-state index in [0.717, 1.165) is 20.9 Å². The van der Waals surface area contributed by atoms with Gasteiger partial charge in [0.05, 0.1) is 6.10 Å². The molecule has 1 aromatic heterocycles. The third-order valence-corrected chi connectivity index (χ3v) is 4.22. The molecule has 23 heavy (non-hydrogen) atoms. The van der Waals surface area contributed by atoms with Crippen molar-refractivity contribution < 1.29 is 9.90 Å². The average molecular weight is 373 g/mol. The van der Waals surface area contributed by atoms with E-state index in [1.165, 1.54) is 0 Å². The quantitative estimate of drug-likeness (QED) is 0.722. The highest BCUT2D eigenvalue weighted by molar-refractivity contribution is 9.10. The third kappa shape index (κ3) is 3.81. The van der Waals surface area contributed by atoms with E-state index in [2.05, 4.69) is 21.2 Å². The topological polar surface area (TPSA) is 54.3 Å². The Kier molecular flexibility index (Phi) is 4.79. The van der Waals surface area contributed by atoms with Gasteiger partial charge in [0.25, 0.3) is 0 Å². The SMILES string of the molecule is O=C(Cn1ccc2cc(Br)ccc21)NC[C@H](O)c1ccccc1. The Labute approximate surface area is 142 Å². The van der Waals surface area contributed by atoms with E-state index in [9.17, 15) is 9.90 Å². The first-order chi connectivity index (χ1) is 11.1. The summed E-state index contributed by atoms with van der Waals surface area (Å²) in [5.74, 6) is -0.125. The normalized spacial score (nSPS) is 12.3. The molecule has 5 heteroatoms. The Balaban J connectivity index is 1.60. The highest BCUT2D eigenvalue weighted by Gasteiger charge is 2.10. The molecule has 0 spiro atoms. The zero-order valence-corrected chi connectivity index (χ0v) is 14.0. The van der Waals surface area contributed by atoms with Crippen LogP contribution in [0.15, 0.2) is 65.3 Å². The Morgan fingerprint density at radius 2 is 1.96 bits per heavy atom. The van der Waals surface area contributed by atoms with Crippen LogP contribution in [-0.4, -0.2) is 22.1 Å². The molecule has 0 saturated heterocycles. The number of carbonyl (C=O) groups is 1. The highest BCUT2D eigenvalue weighted by atomic mass is 79.9. The van der Waals surface area contributed by atoms with Crippen molar-refractivity contribution in [2.75, 3.05) is 6.54 Å². The maximum Gasteiger partial charge on any atom is 0.240 e. The number of hydrogen-bond donors (Lipinski definition) is 2. The van der Waals surface area contributed by atoms with Crippen LogP contribution in [-0.2, 0) is 11.3 Å². The molecule has 0 bridgehead atoms. The van der Waals surface area contributed by atoms with Gasteiger partial charge in [0.15, 0.2) is 0 Å². The fraction of sp³-hybridized carbons (Fsp3) is 0.167. The fourth-order valence-electron chi connectivity index (χ4n) is 2.52. The average Bonchev–Trinajstić information content (AvgIpc) is 2.95. The summed E-state index contributed by atoms with van der Waals surface area (Å²) in [7, 11) is 0. The number of aliphatic hydroxyl groups is 1. The molecule has 118 valence electrons. The van der Waals surface area contributed by atoms with Crippen LogP contribution in [0.3, 0.4) is 0 Å². The second kappa shape index (κ2) is 6.98. The first-order valence-electron chi connectivity index (χ1n) is 7.37. The molecule has 0 aliphatic rings. The molecular formula is C18H17BrN2O2. The van der Waals surface area contributed by atoms with Gasteiger partial charge in [-0.05, 0) is 29.8 Å². The summed E-state index contributed by atoms with van der Waals surface area (Å²) in [4.78, 5) is 12.1. The second-order valence-electron chi connectivity index (χ2n) is 5.38. The van der Waals surface area contributed by atoms with E-state index in [4.69, 9.17) is 0 Å². The van der Waals surface area contributed by atoms with Crippen molar-refractivity contribution in [1.29, 1.82) is 0 Å². The van der Waals surface area contributed by atoms with Gasteiger partial charge in [-0.3, -0.25) is 4.79 Å². The molecule has 0 aliphatic heterocycles. The number of fused-ring (bicyclic) bond motifs is 1. The van der Waals surface area contributed by atoms with E-state index < -0.39 is 6.10 Å². The zero-order chi connectivity index (χ0) is 16.2. The lowest BCUT2D eigenvalue weighted by Crippen LogP contribution is -2.31. The highest BCUT2D eigenvalue weighted by Crippen LogP contribution is 2.20. The van der Waals surface area contributed by atoms with E-state index >= 15 is 0 Å². The van der Waals surface area contributed by atoms with Gasteiger partial charge in [-0.1, -0.05) is 46.3 Å². The van der Waals surface area contributed by atoms with Gasteiger partial charge < -0.3 is 15.0 Å². The lowest BCUT2D eigenvalue weighted by atomic mass is 10.1. The number of carbonyl (C=O) groups excluding carboxylic acids is 1. The molecule has 3 rings (SSSR count). The number of aliphatic hydroxyl groups excluding tert-OH is 1. The van der Waals surface area contributed by atoms with Crippen molar-refractivity contribution in [3.05, 3.63) is 70.8 Å². The van der Waals surface area contributed by atoms with Crippen molar-refractivity contribution >= 4 is 32.7 Å². The van der Waals surface area contributed by atoms with Gasteiger partial charge in [0, 0.05) is 28.1 Å². The van der Waals surface area contributed by atoms with Crippen LogP contribution in [0, 0.1) is 0 Å². The minimum Gasteiger partial charge on any atom is -0.387 e. The Bertz CT molecular complexity index is 814. The molecule has 4 nitrogen and oxygen atoms in total. The Hall–Kier alpha value is -2.11. The summed E-state index contributed by atoms with van der Waals surface area (Å²) in [5, 5.41) is 13.9. The maximum absolute atomic E-state index is 12.1. The molecule has 1 heterocycles. The predicted octanol–water partition coefficient (Wildman–Crippen LogP) is 3.25. The lowest BCUT2D eigenvalue weighted by molar-refractivity contribution is -0.122. The molecule has 2 aromatic carbocycles. The summed E-state index contributed by atoms with van der Waals surface area (Å²) >= 11 is 3.44. The van der Waals surface area contributed by atoms with Crippen LogP contribution in [0.25, 0.3) is 10.9 Å². The third-order valence-electron chi connectivity index (χ3n) is 3.72. The summed E-state index contributed by atoms with van der Waals surface area (Å²) in [5.41, 5.74) is 1.80. The number of nitrogens with one attached hydrogen (secondary N) is 1. The summed E-state index contributed by atoms with van der Waals surface area (Å²) in [6, 6.07) is 17.2. The van der Waals surface area contributed by atoms with Crippen LogP contribution < -0.4 is 5.32 Å². The van der Waals surface area contributed by atoms with Crippen LogP contribution in [0.5, 0.6) is 0 Å². The summed E-state index contributed by atoms with van der Waals surface area (Å²) in [6.07, 6.45) is 1.20. The molecule has 1 atom stereocenters. The second-order valence-corrected chi connectivity index (χ2v) is 6.29. The van der Waals surface area contributed by atoms with E-state index in [-0.39, 0.29) is 19.0 Å². The smallest absolute Gasteiger partial charge is 0.240 e. The van der Waals surface area contributed by atoms with Gasteiger partial charge in [-0.2, -0.15) is 0 Å². The molecule has 0 aliphatic carbocycles. The lowest BCUT2D eigenvalue weighted by Gasteiger charge is -2.13. The van der Waals surface area contributed by atoms with Crippen molar-refractivity contribution in [3.8, 4) is 0 Å². The van der Waals surface area contributed by atoms with E-state index in [1.54, 1.807) is 0 Å². The fourth-order valence-corrected chi connectivity index (χ4v) is 2.90. The number of halogens is 1. The summed E-state index contributed by atoms with van der Waals surface area (Å²) in [6.45, 7) is 0.431. The molecule has 2 N–H and O–H groups in total. The number of benzene rings is 2. The Morgan fingerprint density at radius 3 is 2.74 bits per heavy atom. The molecule has 0 radical (unpaired) electrons. The van der Waals surface area contributed by atoms with Gasteiger partial charge in [0.2, 0.25) is 5.91 Å². The van der Waals surface area contributed by atoms with Crippen molar-refractivity contribution in [2.45, 2.75) is 12.6 Å². The number of amides is 1. The van der Waals surface area contributed by atoms with Gasteiger partial charge in [-0.15, -0.1) is 0 Å². The molecular weight excluding hydrogens is 356 g/mol. The largest absolute Gasteiger partial charge is 0.387 e. The minimum absolute atomic E-state index is 0.125. The van der Waals surface area contributed by atoms with Gasteiger partial charge in [-0.25, -0.2) is 0 Å².